The Morgan fingerprint density at radius 2 is 2.10 bits per heavy atom. The topological polar surface area (TPSA) is 77.4 Å². The zero-order valence-corrected chi connectivity index (χ0v) is 18.2. The van der Waals surface area contributed by atoms with Gasteiger partial charge in [0.2, 0.25) is 5.91 Å². The number of benzene rings is 1. The number of carbonyl (C=O) groups excluding carboxylic acids is 2. The van der Waals surface area contributed by atoms with Gasteiger partial charge in [0.15, 0.2) is 16.7 Å². The van der Waals surface area contributed by atoms with Gasteiger partial charge in [-0.3, -0.25) is 9.69 Å². The van der Waals surface area contributed by atoms with E-state index >= 15 is 0 Å². The number of rotatable bonds is 6. The lowest BCUT2D eigenvalue weighted by Gasteiger charge is -2.39. The Labute approximate surface area is 175 Å². The highest BCUT2D eigenvalue weighted by atomic mass is 32.2. The molecule has 1 aromatic carbocycles. The van der Waals surface area contributed by atoms with Crippen LogP contribution in [0.15, 0.2) is 34.5 Å². The molecule has 0 radical (unpaired) electrons. The number of allylic oxidation sites excluding steroid dienone is 1. The van der Waals surface area contributed by atoms with Gasteiger partial charge in [-0.15, -0.1) is 0 Å². The van der Waals surface area contributed by atoms with Crippen molar-refractivity contribution in [3.05, 3.63) is 35.0 Å². The minimum Gasteiger partial charge on any atom is -0.493 e. The van der Waals surface area contributed by atoms with Crippen LogP contribution in [0.3, 0.4) is 0 Å². The minimum atomic E-state index is -0.626. The number of ether oxygens (including phenoxy) is 3. The Hall–Kier alpha value is -2.48. The second kappa shape index (κ2) is 8.90. The lowest BCUT2D eigenvalue weighted by Crippen LogP contribution is -2.46. The van der Waals surface area contributed by atoms with Crippen LogP contribution in [0.5, 0.6) is 11.5 Å². The van der Waals surface area contributed by atoms with E-state index in [0.29, 0.717) is 46.7 Å². The van der Waals surface area contributed by atoms with Crippen molar-refractivity contribution in [2.75, 3.05) is 19.5 Å². The molecule has 2 aliphatic heterocycles. The van der Waals surface area contributed by atoms with Gasteiger partial charge < -0.3 is 14.2 Å². The molecule has 0 aliphatic carbocycles. The lowest BCUT2D eigenvalue weighted by atomic mass is 9.93. The molecule has 1 saturated heterocycles. The molecule has 29 heavy (non-hydrogen) atoms. The molecular weight excluding hydrogens is 392 g/mol. The van der Waals surface area contributed by atoms with Crippen LogP contribution < -0.4 is 9.47 Å². The molecule has 2 aliphatic rings. The fourth-order valence-corrected chi connectivity index (χ4v) is 4.39. The van der Waals surface area contributed by atoms with Crippen molar-refractivity contribution in [3.8, 4) is 11.5 Å². The maximum absolute atomic E-state index is 13.0. The van der Waals surface area contributed by atoms with Gasteiger partial charge in [-0.2, -0.15) is 0 Å². The quantitative estimate of drug-likeness (QED) is 0.656. The molecule has 3 rings (SSSR count). The first-order valence-corrected chi connectivity index (χ1v) is 10.6. The number of amides is 1. The van der Waals surface area contributed by atoms with Crippen LogP contribution in [-0.2, 0) is 14.3 Å². The standard InChI is InChI=1S/C21H26N2O5S/c1-6-27-15-8-7-14(11-16(15)26-5)19-18(20(25)28-12(2)3)13(4)22-21-23(19)17(24)9-10-29-21/h7-8,11-12,19H,6,9-10H2,1-5H3. The number of methoxy groups -OCH3 is 1. The van der Waals surface area contributed by atoms with E-state index in [2.05, 4.69) is 4.99 Å². The lowest BCUT2D eigenvalue weighted by molar-refractivity contribution is -0.143. The van der Waals surface area contributed by atoms with Crippen LogP contribution in [-0.4, -0.2) is 47.5 Å². The van der Waals surface area contributed by atoms with Gasteiger partial charge in [0.25, 0.3) is 0 Å². The summed E-state index contributed by atoms with van der Waals surface area (Å²) in [7, 11) is 1.56. The van der Waals surface area contributed by atoms with Gasteiger partial charge in [0.05, 0.1) is 37.1 Å². The SMILES string of the molecule is CCOc1ccc(C2C(C(=O)OC(C)C)=C(C)N=C3SCCC(=O)N32)cc1OC. The van der Waals surface area contributed by atoms with Crippen molar-refractivity contribution in [1.29, 1.82) is 0 Å². The predicted molar refractivity (Wildman–Crippen MR) is 112 cm³/mol. The highest BCUT2D eigenvalue weighted by Gasteiger charge is 2.42. The molecule has 2 heterocycles. The van der Waals surface area contributed by atoms with Gasteiger partial charge in [-0.1, -0.05) is 17.8 Å². The molecule has 1 aromatic rings. The minimum absolute atomic E-state index is 0.0669. The van der Waals surface area contributed by atoms with Crippen molar-refractivity contribution in [2.45, 2.75) is 46.3 Å². The van der Waals surface area contributed by atoms with Crippen LogP contribution in [0.25, 0.3) is 0 Å². The van der Waals surface area contributed by atoms with Gasteiger partial charge in [-0.05, 0) is 45.4 Å². The summed E-state index contributed by atoms with van der Waals surface area (Å²) in [6.45, 7) is 7.76. The van der Waals surface area contributed by atoms with Gasteiger partial charge in [0.1, 0.15) is 0 Å². The molecule has 0 aromatic heterocycles. The van der Waals surface area contributed by atoms with E-state index in [0.717, 1.165) is 5.56 Å². The molecule has 0 N–H and O–H groups in total. The molecule has 156 valence electrons. The zero-order chi connectivity index (χ0) is 21.1. The Kier molecular flexibility index (Phi) is 6.52. The number of nitrogens with zero attached hydrogens (tertiary/aromatic N) is 2. The maximum atomic E-state index is 13.0. The van der Waals surface area contributed by atoms with Crippen molar-refractivity contribution in [1.82, 2.24) is 4.90 Å². The van der Waals surface area contributed by atoms with Crippen LogP contribution >= 0.6 is 11.8 Å². The Morgan fingerprint density at radius 3 is 2.76 bits per heavy atom. The Morgan fingerprint density at radius 1 is 1.34 bits per heavy atom. The van der Waals surface area contributed by atoms with Gasteiger partial charge >= 0.3 is 5.97 Å². The summed E-state index contributed by atoms with van der Waals surface area (Å²) >= 11 is 1.51. The maximum Gasteiger partial charge on any atom is 0.338 e. The average Bonchev–Trinajstić information content (AvgIpc) is 2.67. The first-order chi connectivity index (χ1) is 13.9. The van der Waals surface area contributed by atoms with Crippen LogP contribution in [0, 0.1) is 0 Å². The molecule has 1 amide bonds. The van der Waals surface area contributed by atoms with Gasteiger partial charge in [-0.25, -0.2) is 9.79 Å². The predicted octanol–water partition coefficient (Wildman–Crippen LogP) is 3.70. The summed E-state index contributed by atoms with van der Waals surface area (Å²) in [5.74, 6) is 1.28. The van der Waals surface area contributed by atoms with Crippen LogP contribution in [0.4, 0.5) is 0 Å². The third-order valence-corrected chi connectivity index (χ3v) is 5.53. The molecule has 7 nitrogen and oxygen atoms in total. The zero-order valence-electron chi connectivity index (χ0n) is 17.4. The first kappa shape index (κ1) is 21.2. The van der Waals surface area contributed by atoms with E-state index in [1.54, 1.807) is 44.9 Å². The van der Waals surface area contributed by atoms with E-state index in [1.807, 2.05) is 13.0 Å². The molecule has 0 bridgehead atoms. The average molecular weight is 419 g/mol. The summed E-state index contributed by atoms with van der Waals surface area (Å²) in [4.78, 5) is 31.9. The molecule has 1 unspecified atom stereocenters. The van der Waals surface area contributed by atoms with E-state index < -0.39 is 12.0 Å². The third-order valence-electron chi connectivity index (χ3n) is 4.57. The van der Waals surface area contributed by atoms with Crippen LogP contribution in [0.1, 0.15) is 45.7 Å². The highest BCUT2D eigenvalue weighted by Crippen LogP contribution is 2.42. The number of fused-ring (bicyclic) bond motifs is 1. The number of hydrogen-bond acceptors (Lipinski definition) is 7. The van der Waals surface area contributed by atoms with E-state index in [9.17, 15) is 9.59 Å². The van der Waals surface area contributed by atoms with Crippen LogP contribution in [0.2, 0.25) is 0 Å². The van der Waals surface area contributed by atoms with E-state index in [-0.39, 0.29) is 12.0 Å². The van der Waals surface area contributed by atoms with E-state index in [1.165, 1.54) is 11.8 Å². The fraction of sp³-hybridized carbons (Fsp3) is 0.476. The number of aliphatic imine (C=N–C) groups is 1. The number of amidine groups is 1. The molecule has 8 heteroatoms. The number of thioether (sulfide) groups is 1. The third kappa shape index (κ3) is 4.27. The molecular formula is C21H26N2O5S. The smallest absolute Gasteiger partial charge is 0.338 e. The Balaban J connectivity index is 2.14. The first-order valence-electron chi connectivity index (χ1n) is 9.63. The fourth-order valence-electron chi connectivity index (χ4n) is 3.38. The van der Waals surface area contributed by atoms with Crippen molar-refractivity contribution >= 4 is 28.8 Å². The second-order valence-corrected chi connectivity index (χ2v) is 8.02. The van der Waals surface area contributed by atoms with E-state index in [4.69, 9.17) is 14.2 Å². The van der Waals surface area contributed by atoms with Crippen molar-refractivity contribution in [2.24, 2.45) is 4.99 Å². The number of carbonyl (C=O) groups is 2. The summed E-state index contributed by atoms with van der Waals surface area (Å²) in [5, 5.41) is 0.609. The molecule has 0 spiro atoms. The highest BCUT2D eigenvalue weighted by molar-refractivity contribution is 8.14. The monoisotopic (exact) mass is 418 g/mol. The van der Waals surface area contributed by atoms with Gasteiger partial charge in [0, 0.05) is 12.2 Å². The summed E-state index contributed by atoms with van der Waals surface area (Å²) < 4.78 is 16.6. The molecule has 1 atom stereocenters. The largest absolute Gasteiger partial charge is 0.493 e. The normalized spacial score (nSPS) is 19.1. The number of esters is 1. The molecule has 1 fully saturated rings. The second-order valence-electron chi connectivity index (χ2n) is 6.96. The number of hydrogen-bond donors (Lipinski definition) is 0. The summed E-state index contributed by atoms with van der Waals surface area (Å²) in [6, 6.07) is 4.83. The Bertz CT molecular complexity index is 878. The summed E-state index contributed by atoms with van der Waals surface area (Å²) in [6.07, 6.45) is 0.107. The van der Waals surface area contributed by atoms with Crippen molar-refractivity contribution < 1.29 is 23.8 Å². The molecule has 0 saturated carbocycles. The van der Waals surface area contributed by atoms with Crippen molar-refractivity contribution in [3.63, 3.8) is 0 Å². The summed E-state index contributed by atoms with van der Waals surface area (Å²) in [5.41, 5.74) is 1.66.